The SMILES string of the molecule is O=C(O)C(=O)O.O=C1CC[C@@H](COc2ccc(-c3sc4ccccc4c3Cc3ccc(OCCN4CCCC4)cc3)cc2)N1. The van der Waals surface area contributed by atoms with Crippen molar-refractivity contribution < 1.29 is 34.1 Å². The maximum atomic E-state index is 11.4. The Morgan fingerprint density at radius 3 is 2.20 bits per heavy atom. The highest BCUT2D eigenvalue weighted by Crippen LogP contribution is 2.40. The van der Waals surface area contributed by atoms with Crippen molar-refractivity contribution in [2.45, 2.75) is 38.1 Å². The minimum Gasteiger partial charge on any atom is -0.492 e. The predicted octanol–water partition coefficient (Wildman–Crippen LogP) is 5.45. The minimum atomic E-state index is -1.82. The van der Waals surface area contributed by atoms with Gasteiger partial charge in [-0.15, -0.1) is 11.3 Å². The van der Waals surface area contributed by atoms with E-state index in [4.69, 9.17) is 29.3 Å². The molecule has 0 saturated carbocycles. The number of carbonyl (C=O) groups excluding carboxylic acids is 1. The summed E-state index contributed by atoms with van der Waals surface area (Å²) in [6.45, 7) is 4.67. The topological polar surface area (TPSA) is 125 Å². The number of thiophene rings is 1. The molecule has 0 bridgehead atoms. The Labute approximate surface area is 260 Å². The van der Waals surface area contributed by atoms with Gasteiger partial charge in [0.25, 0.3) is 0 Å². The largest absolute Gasteiger partial charge is 0.492 e. The van der Waals surface area contributed by atoms with Crippen LogP contribution >= 0.6 is 11.3 Å². The first-order chi connectivity index (χ1) is 21.4. The van der Waals surface area contributed by atoms with Crippen LogP contribution in [-0.4, -0.2) is 71.8 Å². The zero-order chi connectivity index (χ0) is 30.9. The molecule has 44 heavy (non-hydrogen) atoms. The maximum Gasteiger partial charge on any atom is 0.414 e. The van der Waals surface area contributed by atoms with Gasteiger partial charge in [0.1, 0.15) is 24.7 Å². The average molecular weight is 617 g/mol. The summed E-state index contributed by atoms with van der Waals surface area (Å²) in [5.41, 5.74) is 3.83. The van der Waals surface area contributed by atoms with E-state index in [0.29, 0.717) is 13.0 Å². The molecule has 10 heteroatoms. The van der Waals surface area contributed by atoms with Crippen LogP contribution in [0.15, 0.2) is 72.8 Å². The molecule has 2 aliphatic rings. The zero-order valence-corrected chi connectivity index (χ0v) is 25.2. The van der Waals surface area contributed by atoms with Gasteiger partial charge < -0.3 is 25.0 Å². The van der Waals surface area contributed by atoms with Crippen LogP contribution in [0.4, 0.5) is 0 Å². The number of ether oxygens (including phenoxy) is 2. The second-order valence-corrected chi connectivity index (χ2v) is 11.9. The molecule has 2 aliphatic heterocycles. The van der Waals surface area contributed by atoms with E-state index in [9.17, 15) is 4.79 Å². The summed E-state index contributed by atoms with van der Waals surface area (Å²) in [5.74, 6) is -1.76. The van der Waals surface area contributed by atoms with Crippen molar-refractivity contribution in [1.82, 2.24) is 10.2 Å². The lowest BCUT2D eigenvalue weighted by Crippen LogP contribution is -2.30. The van der Waals surface area contributed by atoms with Crippen molar-refractivity contribution in [2.24, 2.45) is 0 Å². The van der Waals surface area contributed by atoms with Gasteiger partial charge in [0, 0.05) is 22.5 Å². The van der Waals surface area contributed by atoms with Gasteiger partial charge in [0.05, 0.1) is 6.04 Å². The number of benzene rings is 3. The molecule has 0 spiro atoms. The first-order valence-electron chi connectivity index (χ1n) is 14.8. The van der Waals surface area contributed by atoms with Gasteiger partial charge in [-0.25, -0.2) is 9.59 Å². The number of rotatable bonds is 10. The summed E-state index contributed by atoms with van der Waals surface area (Å²) >= 11 is 1.84. The molecule has 2 saturated heterocycles. The fourth-order valence-corrected chi connectivity index (χ4v) is 6.64. The van der Waals surface area contributed by atoms with Gasteiger partial charge in [-0.3, -0.25) is 9.69 Å². The third kappa shape index (κ3) is 8.36. The van der Waals surface area contributed by atoms with Crippen molar-refractivity contribution in [3.05, 3.63) is 83.9 Å². The number of nitrogens with one attached hydrogen (secondary N) is 1. The second-order valence-electron chi connectivity index (χ2n) is 10.9. The molecule has 0 unspecified atom stereocenters. The molecule has 230 valence electrons. The number of aliphatic carboxylic acids is 2. The number of hydrogen-bond acceptors (Lipinski definition) is 7. The molecule has 1 amide bonds. The van der Waals surface area contributed by atoms with Gasteiger partial charge in [0.15, 0.2) is 0 Å². The van der Waals surface area contributed by atoms with E-state index in [1.165, 1.54) is 57.6 Å². The summed E-state index contributed by atoms with van der Waals surface area (Å²) < 4.78 is 13.3. The van der Waals surface area contributed by atoms with Crippen LogP contribution in [0, 0.1) is 0 Å². The second kappa shape index (κ2) is 14.9. The monoisotopic (exact) mass is 616 g/mol. The molecule has 1 aromatic heterocycles. The lowest BCUT2D eigenvalue weighted by molar-refractivity contribution is -0.159. The molecule has 0 aliphatic carbocycles. The van der Waals surface area contributed by atoms with E-state index in [1.54, 1.807) is 0 Å². The Morgan fingerprint density at radius 1 is 0.886 bits per heavy atom. The average Bonchev–Trinajstić information content (AvgIpc) is 3.78. The Bertz CT molecular complexity index is 1570. The van der Waals surface area contributed by atoms with Gasteiger partial charge in [-0.05, 0) is 103 Å². The molecule has 3 heterocycles. The number of fused-ring (bicyclic) bond motifs is 1. The van der Waals surface area contributed by atoms with E-state index in [-0.39, 0.29) is 11.9 Å². The number of carboxylic acids is 2. The lowest BCUT2D eigenvalue weighted by atomic mass is 9.99. The number of amides is 1. The summed E-state index contributed by atoms with van der Waals surface area (Å²) in [7, 11) is 0. The Morgan fingerprint density at radius 2 is 1.55 bits per heavy atom. The van der Waals surface area contributed by atoms with E-state index in [0.717, 1.165) is 37.5 Å². The van der Waals surface area contributed by atoms with Crippen LogP contribution in [0.2, 0.25) is 0 Å². The smallest absolute Gasteiger partial charge is 0.414 e. The molecule has 0 radical (unpaired) electrons. The third-order valence-electron chi connectivity index (χ3n) is 7.71. The molecule has 6 rings (SSSR count). The van der Waals surface area contributed by atoms with E-state index in [1.807, 2.05) is 23.5 Å². The fourth-order valence-electron chi connectivity index (χ4n) is 5.42. The molecule has 9 nitrogen and oxygen atoms in total. The predicted molar refractivity (Wildman–Crippen MR) is 170 cm³/mol. The third-order valence-corrected chi connectivity index (χ3v) is 8.98. The van der Waals surface area contributed by atoms with Crippen LogP contribution in [0.25, 0.3) is 20.5 Å². The molecular weight excluding hydrogens is 580 g/mol. The normalized spacial score (nSPS) is 16.3. The first-order valence-corrected chi connectivity index (χ1v) is 15.6. The van der Waals surface area contributed by atoms with Gasteiger partial charge in [-0.2, -0.15) is 0 Å². The van der Waals surface area contributed by atoms with Crippen LogP contribution in [0.1, 0.15) is 36.8 Å². The highest BCUT2D eigenvalue weighted by molar-refractivity contribution is 7.22. The number of likely N-dealkylation sites (tertiary alicyclic amines) is 1. The van der Waals surface area contributed by atoms with Crippen molar-refractivity contribution in [3.63, 3.8) is 0 Å². The van der Waals surface area contributed by atoms with E-state index < -0.39 is 11.9 Å². The van der Waals surface area contributed by atoms with E-state index in [2.05, 4.69) is 70.9 Å². The molecule has 3 N–H and O–H groups in total. The highest BCUT2D eigenvalue weighted by Gasteiger charge is 2.21. The number of carboxylic acid groups (broad SMARTS) is 2. The maximum absolute atomic E-state index is 11.4. The van der Waals surface area contributed by atoms with Crippen LogP contribution in [0.5, 0.6) is 11.5 Å². The minimum absolute atomic E-state index is 0.109. The van der Waals surface area contributed by atoms with Crippen molar-refractivity contribution >= 4 is 39.3 Å². The van der Waals surface area contributed by atoms with Crippen molar-refractivity contribution in [2.75, 3.05) is 32.8 Å². The molecule has 1 atom stereocenters. The van der Waals surface area contributed by atoms with Crippen LogP contribution < -0.4 is 14.8 Å². The molecule has 3 aromatic carbocycles. The van der Waals surface area contributed by atoms with Crippen LogP contribution in [0.3, 0.4) is 0 Å². The standard InChI is InChI=1S/C32H34N2O3S.C2H2O4/c35-31-16-11-25(33-31)22-37-27-14-9-24(10-15-27)32-29(28-5-1-2-6-30(28)38-32)21-23-7-12-26(13-8-23)36-20-19-34-17-3-4-18-34;3-1(4)2(5)6/h1-2,5-10,12-15,25H,3-4,11,16-22H2,(H,33,35);(H,3,4)(H,5,6)/t25-;/m0./s1. The van der Waals surface area contributed by atoms with Crippen molar-refractivity contribution in [3.8, 4) is 21.9 Å². The Balaban J connectivity index is 0.000000584. The van der Waals surface area contributed by atoms with E-state index >= 15 is 0 Å². The van der Waals surface area contributed by atoms with Crippen molar-refractivity contribution in [1.29, 1.82) is 0 Å². The van der Waals surface area contributed by atoms with Gasteiger partial charge in [0.2, 0.25) is 5.91 Å². The number of nitrogens with zero attached hydrogens (tertiary/aromatic N) is 1. The fraction of sp³-hybridized carbons (Fsp3) is 0.324. The quantitative estimate of drug-likeness (QED) is 0.201. The number of hydrogen-bond donors (Lipinski definition) is 3. The Hall–Kier alpha value is -4.41. The summed E-state index contributed by atoms with van der Waals surface area (Å²) in [6.07, 6.45) is 4.93. The molecule has 4 aromatic rings. The Kier molecular flexibility index (Phi) is 10.5. The molecule has 2 fully saturated rings. The lowest BCUT2D eigenvalue weighted by Gasteiger charge is -2.15. The summed E-state index contributed by atoms with van der Waals surface area (Å²) in [4.78, 5) is 33.4. The zero-order valence-electron chi connectivity index (χ0n) is 24.4. The van der Waals surface area contributed by atoms with Gasteiger partial charge in [-0.1, -0.05) is 30.3 Å². The summed E-state index contributed by atoms with van der Waals surface area (Å²) in [5, 5.41) is 19.1. The highest BCUT2D eigenvalue weighted by atomic mass is 32.1. The summed E-state index contributed by atoms with van der Waals surface area (Å²) in [6, 6.07) is 25.7. The number of carbonyl (C=O) groups is 3. The first kappa shape index (κ1) is 31.0. The van der Waals surface area contributed by atoms with Crippen LogP contribution in [-0.2, 0) is 20.8 Å². The van der Waals surface area contributed by atoms with Gasteiger partial charge >= 0.3 is 11.9 Å². The molecular formula is C34H36N2O7S.